The minimum absolute atomic E-state index is 0. The van der Waals surface area contributed by atoms with Crippen LogP contribution in [0, 0.1) is 0 Å². The number of nitrogens with zero attached hydrogens (tertiary/aromatic N) is 1. The van der Waals surface area contributed by atoms with Gasteiger partial charge in [0, 0.05) is 0 Å². The van der Waals surface area contributed by atoms with Crippen LogP contribution in [0.2, 0.25) is 0 Å². The molecule has 8 heteroatoms. The average molecular weight is 285 g/mol. The van der Waals surface area contributed by atoms with E-state index in [0.717, 1.165) is 0 Å². The Morgan fingerprint density at radius 3 is 2.35 bits per heavy atom. The molecule has 0 amide bonds. The summed E-state index contributed by atoms with van der Waals surface area (Å²) < 4.78 is 36.8. The van der Waals surface area contributed by atoms with E-state index in [1.165, 1.54) is 12.1 Å². The Morgan fingerprint density at radius 1 is 1.41 bits per heavy atom. The third kappa shape index (κ3) is 4.90. The van der Waals surface area contributed by atoms with Crippen LogP contribution in [0.5, 0.6) is 0 Å². The molecule has 1 aromatic rings. The molecule has 0 aliphatic carbocycles. The third-order valence-electron chi connectivity index (χ3n) is 1.66. The second-order valence-electron chi connectivity index (χ2n) is 2.78. The summed E-state index contributed by atoms with van der Waals surface area (Å²) in [6.45, 7) is 1.89. The van der Waals surface area contributed by atoms with Gasteiger partial charge in [-0.15, -0.1) is 0 Å². The molecule has 0 fully saturated rings. The molecule has 0 saturated carbocycles. The number of hydrogen-bond donors (Lipinski definition) is 1. The number of rotatable bonds is 3. The second-order valence-corrected chi connectivity index (χ2v) is 4.39. The first-order valence-electron chi connectivity index (χ1n) is 4.46. The fourth-order valence-corrected chi connectivity index (χ4v) is 2.21. The summed E-state index contributed by atoms with van der Waals surface area (Å²) in [6, 6.07) is 7.97. The van der Waals surface area contributed by atoms with Gasteiger partial charge < -0.3 is 4.74 Å². The molecule has 0 aliphatic rings. The Kier molecular flexibility index (Phi) is 7.22. The van der Waals surface area contributed by atoms with Crippen molar-refractivity contribution in [2.24, 2.45) is 0 Å². The fraction of sp³-hybridized carbons (Fsp3) is 0.222. The molecule has 90 valence electrons. The van der Waals surface area contributed by atoms with Crippen LogP contribution in [0.1, 0.15) is 6.92 Å². The quantitative estimate of drug-likeness (QED) is 0.509. The van der Waals surface area contributed by atoms with E-state index in [1.807, 2.05) is 0 Å². The van der Waals surface area contributed by atoms with Gasteiger partial charge in [-0.1, -0.05) is 18.2 Å². The van der Waals surface area contributed by atoms with Crippen LogP contribution in [-0.2, 0) is 15.0 Å². The second kappa shape index (κ2) is 7.30. The first-order chi connectivity index (χ1) is 7.46. The van der Waals surface area contributed by atoms with Crippen molar-refractivity contribution in [1.82, 2.24) is 0 Å². The van der Waals surface area contributed by atoms with Gasteiger partial charge in [-0.2, -0.15) is 12.7 Å². The van der Waals surface area contributed by atoms with Crippen molar-refractivity contribution in [3.05, 3.63) is 30.3 Å². The number of benzene rings is 1. The van der Waals surface area contributed by atoms with E-state index in [0.29, 0.717) is 4.31 Å². The van der Waals surface area contributed by atoms with E-state index in [1.54, 1.807) is 25.1 Å². The summed E-state index contributed by atoms with van der Waals surface area (Å²) in [7, 11) is -4.47. The first kappa shape index (κ1) is 16.8. The van der Waals surface area contributed by atoms with E-state index in [4.69, 9.17) is 21.5 Å². The van der Waals surface area contributed by atoms with Crippen LogP contribution in [0.25, 0.3) is 0 Å². The van der Waals surface area contributed by atoms with Gasteiger partial charge in [0.1, 0.15) is 0 Å². The fourth-order valence-electron chi connectivity index (χ4n) is 1.08. The average Bonchev–Trinajstić information content (AvgIpc) is 2.17. The van der Waals surface area contributed by atoms with Gasteiger partial charge in [0.2, 0.25) is 0 Å². The van der Waals surface area contributed by atoms with Crippen LogP contribution in [0.15, 0.2) is 30.3 Å². The molecular formula is C9H12NNaO4S2. The van der Waals surface area contributed by atoms with Gasteiger partial charge in [-0.25, -0.2) is 0 Å². The molecule has 0 aromatic heterocycles. The van der Waals surface area contributed by atoms with Gasteiger partial charge in [0.05, 0.1) is 12.3 Å². The van der Waals surface area contributed by atoms with Crippen LogP contribution in [0.4, 0.5) is 5.69 Å². The molecule has 0 atom stereocenters. The van der Waals surface area contributed by atoms with Crippen LogP contribution < -0.4 is 4.31 Å². The monoisotopic (exact) mass is 285 g/mol. The molecule has 0 radical (unpaired) electrons. The van der Waals surface area contributed by atoms with Gasteiger partial charge >= 0.3 is 39.9 Å². The van der Waals surface area contributed by atoms with Crippen molar-refractivity contribution >= 4 is 62.9 Å². The van der Waals surface area contributed by atoms with Crippen molar-refractivity contribution < 1.29 is 17.7 Å². The molecule has 1 N–H and O–H groups in total. The molecule has 0 heterocycles. The van der Waals surface area contributed by atoms with Gasteiger partial charge in [0.25, 0.3) is 5.17 Å². The molecule has 0 saturated heterocycles. The third-order valence-corrected chi connectivity index (χ3v) is 2.91. The summed E-state index contributed by atoms with van der Waals surface area (Å²) in [6.07, 6.45) is 0. The van der Waals surface area contributed by atoms with E-state index >= 15 is 0 Å². The predicted molar refractivity (Wildman–Crippen MR) is 71.8 cm³/mol. The van der Waals surface area contributed by atoms with Crippen molar-refractivity contribution in [3.8, 4) is 0 Å². The molecule has 0 aliphatic heterocycles. The summed E-state index contributed by atoms with van der Waals surface area (Å²) >= 11 is 4.77. The number of para-hydroxylation sites is 1. The van der Waals surface area contributed by atoms with Crippen molar-refractivity contribution in [1.29, 1.82) is 0 Å². The van der Waals surface area contributed by atoms with Crippen LogP contribution in [0.3, 0.4) is 0 Å². The molecule has 17 heavy (non-hydrogen) atoms. The Balaban J connectivity index is 0.00000256. The molecule has 0 bridgehead atoms. The maximum atomic E-state index is 11.2. The summed E-state index contributed by atoms with van der Waals surface area (Å²) in [5.74, 6) is 0. The van der Waals surface area contributed by atoms with Crippen molar-refractivity contribution in [3.63, 3.8) is 0 Å². The predicted octanol–water partition coefficient (Wildman–Crippen LogP) is 0.969. The zero-order chi connectivity index (χ0) is 12.2. The van der Waals surface area contributed by atoms with E-state index in [9.17, 15) is 8.42 Å². The van der Waals surface area contributed by atoms with Crippen LogP contribution in [-0.4, -0.2) is 54.3 Å². The van der Waals surface area contributed by atoms with E-state index in [-0.39, 0.29) is 47.0 Å². The molecule has 0 unspecified atom stereocenters. The summed E-state index contributed by atoms with van der Waals surface area (Å²) in [5, 5.41) is -0.309. The molecule has 0 spiro atoms. The summed E-state index contributed by atoms with van der Waals surface area (Å²) in [5.41, 5.74) is 0.225. The molecule has 1 rings (SSSR count). The number of hydrogen-bond acceptors (Lipinski definition) is 4. The Labute approximate surface area is 128 Å². The molecular weight excluding hydrogens is 273 g/mol. The maximum absolute atomic E-state index is 11.2. The van der Waals surface area contributed by atoms with Gasteiger partial charge in [-0.3, -0.25) is 4.55 Å². The van der Waals surface area contributed by atoms with Crippen LogP contribution >= 0.6 is 12.2 Å². The van der Waals surface area contributed by atoms with E-state index in [2.05, 4.69) is 0 Å². The number of anilines is 1. The summed E-state index contributed by atoms with van der Waals surface area (Å²) in [4.78, 5) is 0. The molecule has 5 nitrogen and oxygen atoms in total. The zero-order valence-electron chi connectivity index (χ0n) is 8.53. The normalized spacial score (nSPS) is 10.2. The number of thiocarbonyl (C=S) groups is 1. The Morgan fingerprint density at radius 2 is 1.94 bits per heavy atom. The Hall–Kier alpha value is -0.180. The van der Waals surface area contributed by atoms with Gasteiger partial charge in [-0.05, 0) is 31.3 Å². The molecule has 1 aromatic carbocycles. The standard InChI is InChI=1S/C9H11NO4S2.Na.H/c1-2-14-9(15)10(16(11,12)13)8-6-4-3-5-7-8;;/h3-7H,2H2,1H3,(H,11,12,13);;. The Bertz CT molecular complexity index is 463. The first-order valence-corrected chi connectivity index (χ1v) is 6.27. The minimum atomic E-state index is -4.47. The van der Waals surface area contributed by atoms with Crippen molar-refractivity contribution in [2.45, 2.75) is 6.92 Å². The SMILES string of the molecule is CCOC(=S)N(c1ccccc1)S(=O)(=O)O.[NaH]. The number of ether oxygens (including phenoxy) is 1. The zero-order valence-corrected chi connectivity index (χ0v) is 10.2. The van der Waals surface area contributed by atoms with Crippen molar-refractivity contribution in [2.75, 3.05) is 10.9 Å². The topological polar surface area (TPSA) is 66.8 Å². The van der Waals surface area contributed by atoms with E-state index < -0.39 is 10.3 Å². The van der Waals surface area contributed by atoms with Gasteiger partial charge in [0.15, 0.2) is 0 Å².